The highest BCUT2D eigenvalue weighted by molar-refractivity contribution is 5.93. The van der Waals surface area contributed by atoms with E-state index in [0.717, 1.165) is 0 Å². The van der Waals surface area contributed by atoms with Gasteiger partial charge in [-0.2, -0.15) is 0 Å². The minimum atomic E-state index is -1.68. The van der Waals surface area contributed by atoms with E-state index in [1.165, 1.54) is 0 Å². The molecule has 0 heterocycles. The number of hydrogen-bond acceptors (Lipinski definition) is 7. The maximum absolute atomic E-state index is 12.4. The number of amides is 3. The lowest BCUT2D eigenvalue weighted by Crippen LogP contribution is -2.56. The van der Waals surface area contributed by atoms with Crippen LogP contribution < -0.4 is 21.7 Å². The standard InChI is InChI=1S/C17H28N4O9/c1-3-8(2)14(16(28)20-10(17(29)30)6-13(25)26)21-11(22)7-19-15(27)9(18)4-5-12(23)24/h8-10,14H,3-7,18H2,1-2H3,(H,19,27)(H,20,28)(H,21,22)(H,23,24)(H,25,26)(H,29,30). The number of aliphatic carboxylic acids is 3. The minimum absolute atomic E-state index is 0.124. The fraction of sp³-hybridized carbons (Fsp3) is 0.647. The monoisotopic (exact) mass is 432 g/mol. The third-order valence-electron chi connectivity index (χ3n) is 4.23. The first-order chi connectivity index (χ1) is 13.9. The largest absolute Gasteiger partial charge is 0.481 e. The molecule has 13 nitrogen and oxygen atoms in total. The molecule has 13 heteroatoms. The molecule has 0 bridgehead atoms. The summed E-state index contributed by atoms with van der Waals surface area (Å²) in [4.78, 5) is 68.7. The van der Waals surface area contributed by atoms with Gasteiger partial charge in [0.1, 0.15) is 12.1 Å². The Bertz CT molecular complexity index is 668. The van der Waals surface area contributed by atoms with Crippen molar-refractivity contribution in [2.45, 2.75) is 57.7 Å². The van der Waals surface area contributed by atoms with Crippen LogP contribution in [0.25, 0.3) is 0 Å². The van der Waals surface area contributed by atoms with Gasteiger partial charge in [-0.1, -0.05) is 20.3 Å². The number of nitrogens with one attached hydrogen (secondary N) is 3. The summed E-state index contributed by atoms with van der Waals surface area (Å²) in [7, 11) is 0. The van der Waals surface area contributed by atoms with Crippen LogP contribution in [0.5, 0.6) is 0 Å². The van der Waals surface area contributed by atoms with Crippen molar-refractivity contribution in [3.8, 4) is 0 Å². The molecule has 0 aliphatic carbocycles. The van der Waals surface area contributed by atoms with Crippen molar-refractivity contribution < 1.29 is 44.1 Å². The summed E-state index contributed by atoms with van der Waals surface area (Å²) in [6.45, 7) is 2.81. The van der Waals surface area contributed by atoms with Gasteiger partial charge in [0.15, 0.2) is 0 Å². The summed E-state index contributed by atoms with van der Waals surface area (Å²) >= 11 is 0. The van der Waals surface area contributed by atoms with Crippen LogP contribution in [0.3, 0.4) is 0 Å². The molecule has 4 unspecified atom stereocenters. The fourth-order valence-corrected chi connectivity index (χ4v) is 2.27. The summed E-state index contributed by atoms with van der Waals surface area (Å²) in [5, 5.41) is 33.0. The molecule has 0 spiro atoms. The molecule has 0 rings (SSSR count). The van der Waals surface area contributed by atoms with Gasteiger partial charge < -0.3 is 37.0 Å². The summed E-state index contributed by atoms with van der Waals surface area (Å²) in [6, 6.07) is -3.98. The smallest absolute Gasteiger partial charge is 0.326 e. The zero-order chi connectivity index (χ0) is 23.4. The number of carbonyl (C=O) groups is 6. The average molecular weight is 432 g/mol. The van der Waals surface area contributed by atoms with Crippen molar-refractivity contribution in [2.24, 2.45) is 11.7 Å². The Kier molecular flexibility index (Phi) is 11.7. The normalized spacial score (nSPS) is 14.5. The third kappa shape index (κ3) is 10.4. The molecular weight excluding hydrogens is 404 g/mol. The molecule has 0 fully saturated rings. The number of rotatable bonds is 14. The molecule has 0 aliphatic heterocycles. The summed E-state index contributed by atoms with van der Waals surface area (Å²) in [5.74, 6) is -6.91. The molecular formula is C17H28N4O9. The van der Waals surface area contributed by atoms with Gasteiger partial charge in [-0.15, -0.1) is 0 Å². The molecule has 0 radical (unpaired) electrons. The van der Waals surface area contributed by atoms with Gasteiger partial charge in [0.25, 0.3) is 0 Å². The Morgan fingerprint density at radius 3 is 2.00 bits per heavy atom. The number of carbonyl (C=O) groups excluding carboxylic acids is 3. The third-order valence-corrected chi connectivity index (χ3v) is 4.23. The van der Waals surface area contributed by atoms with Crippen LogP contribution in [0.2, 0.25) is 0 Å². The van der Waals surface area contributed by atoms with Crippen molar-refractivity contribution in [1.29, 1.82) is 0 Å². The van der Waals surface area contributed by atoms with Crippen molar-refractivity contribution in [1.82, 2.24) is 16.0 Å². The van der Waals surface area contributed by atoms with Crippen molar-refractivity contribution in [3.63, 3.8) is 0 Å². The Morgan fingerprint density at radius 2 is 1.53 bits per heavy atom. The van der Waals surface area contributed by atoms with Crippen LogP contribution in [0.1, 0.15) is 39.5 Å². The lowest BCUT2D eigenvalue weighted by atomic mass is 9.97. The second-order valence-electron chi connectivity index (χ2n) is 6.68. The van der Waals surface area contributed by atoms with E-state index in [2.05, 4.69) is 16.0 Å². The number of carboxylic acid groups (broad SMARTS) is 3. The molecule has 0 aromatic rings. The molecule has 0 saturated heterocycles. The highest BCUT2D eigenvalue weighted by Gasteiger charge is 2.31. The molecule has 0 aromatic heterocycles. The Labute approximate surface area is 172 Å². The highest BCUT2D eigenvalue weighted by atomic mass is 16.4. The van der Waals surface area contributed by atoms with E-state index in [0.29, 0.717) is 6.42 Å². The van der Waals surface area contributed by atoms with Crippen LogP contribution in [-0.4, -0.2) is 75.6 Å². The topological polar surface area (TPSA) is 225 Å². The second-order valence-corrected chi connectivity index (χ2v) is 6.68. The van der Waals surface area contributed by atoms with E-state index >= 15 is 0 Å². The average Bonchev–Trinajstić information content (AvgIpc) is 2.66. The molecule has 8 N–H and O–H groups in total. The van der Waals surface area contributed by atoms with Gasteiger partial charge >= 0.3 is 17.9 Å². The quantitative estimate of drug-likeness (QED) is 0.158. The van der Waals surface area contributed by atoms with Gasteiger partial charge in [0.2, 0.25) is 17.7 Å². The molecule has 170 valence electrons. The lowest BCUT2D eigenvalue weighted by molar-refractivity contribution is -0.147. The van der Waals surface area contributed by atoms with E-state index in [1.807, 2.05) is 0 Å². The molecule has 0 aliphatic rings. The maximum atomic E-state index is 12.4. The Morgan fingerprint density at radius 1 is 0.933 bits per heavy atom. The molecule has 30 heavy (non-hydrogen) atoms. The van der Waals surface area contributed by atoms with E-state index in [4.69, 9.17) is 21.1 Å². The van der Waals surface area contributed by atoms with Gasteiger partial charge in [-0.25, -0.2) is 4.79 Å². The van der Waals surface area contributed by atoms with Crippen molar-refractivity contribution in [2.75, 3.05) is 6.54 Å². The van der Waals surface area contributed by atoms with Gasteiger partial charge in [0, 0.05) is 6.42 Å². The first-order valence-electron chi connectivity index (χ1n) is 9.18. The summed E-state index contributed by atoms with van der Waals surface area (Å²) in [5.41, 5.74) is 5.52. The SMILES string of the molecule is CCC(C)C(NC(=O)CNC(=O)C(N)CCC(=O)O)C(=O)NC(CC(=O)O)C(=O)O. The minimum Gasteiger partial charge on any atom is -0.481 e. The van der Waals surface area contributed by atoms with E-state index in [-0.39, 0.29) is 12.8 Å². The van der Waals surface area contributed by atoms with Crippen LogP contribution in [-0.2, 0) is 28.8 Å². The lowest BCUT2D eigenvalue weighted by Gasteiger charge is -2.25. The van der Waals surface area contributed by atoms with Gasteiger partial charge in [-0.05, 0) is 12.3 Å². The fourth-order valence-electron chi connectivity index (χ4n) is 2.27. The first-order valence-corrected chi connectivity index (χ1v) is 9.18. The zero-order valence-electron chi connectivity index (χ0n) is 16.7. The van der Waals surface area contributed by atoms with Crippen LogP contribution in [0.15, 0.2) is 0 Å². The van der Waals surface area contributed by atoms with Crippen LogP contribution in [0.4, 0.5) is 0 Å². The number of carboxylic acids is 3. The summed E-state index contributed by atoms with van der Waals surface area (Å²) in [6.07, 6.45) is -0.854. The molecule has 0 aromatic carbocycles. The van der Waals surface area contributed by atoms with Crippen LogP contribution in [0, 0.1) is 5.92 Å². The van der Waals surface area contributed by atoms with Crippen molar-refractivity contribution >= 4 is 35.6 Å². The molecule has 0 saturated carbocycles. The number of nitrogens with two attached hydrogens (primary N) is 1. The first kappa shape index (κ1) is 26.8. The van der Waals surface area contributed by atoms with Gasteiger partial charge in [0.05, 0.1) is 19.0 Å². The Hall–Kier alpha value is -3.22. The van der Waals surface area contributed by atoms with E-state index < -0.39 is 72.6 Å². The van der Waals surface area contributed by atoms with E-state index in [1.54, 1.807) is 13.8 Å². The Balaban J connectivity index is 4.92. The van der Waals surface area contributed by atoms with Crippen LogP contribution >= 0.6 is 0 Å². The predicted molar refractivity (Wildman–Crippen MR) is 101 cm³/mol. The molecule has 4 atom stereocenters. The highest BCUT2D eigenvalue weighted by Crippen LogP contribution is 2.09. The zero-order valence-corrected chi connectivity index (χ0v) is 16.7. The van der Waals surface area contributed by atoms with Crippen molar-refractivity contribution in [3.05, 3.63) is 0 Å². The molecule has 3 amide bonds. The van der Waals surface area contributed by atoms with Gasteiger partial charge in [-0.3, -0.25) is 24.0 Å². The predicted octanol–water partition coefficient (Wildman–Crippen LogP) is -2.13. The maximum Gasteiger partial charge on any atom is 0.326 e. The summed E-state index contributed by atoms with van der Waals surface area (Å²) < 4.78 is 0. The second kappa shape index (κ2) is 13.1. The van der Waals surface area contributed by atoms with E-state index in [9.17, 15) is 28.8 Å². The number of hydrogen-bond donors (Lipinski definition) is 7.